The molecule has 0 bridgehead atoms. The smallest absolute Gasteiger partial charge is 0.0637 e. The Morgan fingerprint density at radius 2 is 2.08 bits per heavy atom. The summed E-state index contributed by atoms with van der Waals surface area (Å²) in [7, 11) is 0. The van der Waals surface area contributed by atoms with Crippen LogP contribution in [0.1, 0.15) is 0 Å². The minimum atomic E-state index is 0.533. The highest BCUT2D eigenvalue weighted by Crippen LogP contribution is 2.20. The van der Waals surface area contributed by atoms with E-state index in [2.05, 4.69) is 11.9 Å². The van der Waals surface area contributed by atoms with Gasteiger partial charge in [-0.05, 0) is 12.1 Å². The van der Waals surface area contributed by atoms with Crippen molar-refractivity contribution in [1.82, 2.24) is 0 Å². The van der Waals surface area contributed by atoms with Crippen LogP contribution in [0.2, 0.25) is 5.02 Å². The summed E-state index contributed by atoms with van der Waals surface area (Å²) in [6, 6.07) is 7.50. The Bertz CT molecular complexity index is 284. The van der Waals surface area contributed by atoms with Crippen LogP contribution in [0, 0.1) is 0 Å². The van der Waals surface area contributed by atoms with Crippen LogP contribution in [0.15, 0.2) is 35.9 Å². The molecule has 0 saturated carbocycles. The Morgan fingerprint density at radius 1 is 1.42 bits per heavy atom. The van der Waals surface area contributed by atoms with Crippen LogP contribution in [-0.4, -0.2) is 6.54 Å². The van der Waals surface area contributed by atoms with Gasteiger partial charge in [-0.3, -0.25) is 0 Å². The van der Waals surface area contributed by atoms with Gasteiger partial charge in [0.15, 0.2) is 0 Å². The van der Waals surface area contributed by atoms with Gasteiger partial charge in [0.1, 0.15) is 0 Å². The second kappa shape index (κ2) is 4.39. The van der Waals surface area contributed by atoms with E-state index in [9.17, 15) is 0 Å². The van der Waals surface area contributed by atoms with Crippen LogP contribution in [0.4, 0.5) is 5.69 Å². The van der Waals surface area contributed by atoms with E-state index in [1.165, 1.54) is 0 Å². The second-order valence-electron chi connectivity index (χ2n) is 2.35. The fraction of sp³-hybridized carbons (Fsp3) is 0.111. The molecule has 3 heteroatoms. The van der Waals surface area contributed by atoms with Gasteiger partial charge in [-0.15, -0.1) is 0 Å². The molecule has 0 aromatic heterocycles. The third kappa shape index (κ3) is 2.76. The normalized spacial score (nSPS) is 9.50. The van der Waals surface area contributed by atoms with E-state index in [4.69, 9.17) is 23.2 Å². The van der Waals surface area contributed by atoms with Crippen molar-refractivity contribution in [3.8, 4) is 0 Å². The van der Waals surface area contributed by atoms with E-state index >= 15 is 0 Å². The molecule has 0 amide bonds. The van der Waals surface area contributed by atoms with Gasteiger partial charge < -0.3 is 5.32 Å². The molecule has 0 unspecified atom stereocenters. The Labute approximate surface area is 82.0 Å². The minimum Gasteiger partial charge on any atom is -0.379 e. The Balaban J connectivity index is 2.63. The van der Waals surface area contributed by atoms with Gasteiger partial charge in [0, 0.05) is 5.03 Å². The number of hydrogen-bond donors (Lipinski definition) is 1. The predicted molar refractivity (Wildman–Crippen MR) is 54.9 cm³/mol. The molecule has 1 aromatic carbocycles. The third-order valence-electron chi connectivity index (χ3n) is 1.34. The lowest BCUT2D eigenvalue weighted by Gasteiger charge is -2.05. The molecule has 0 heterocycles. The quantitative estimate of drug-likeness (QED) is 0.790. The molecule has 0 aliphatic rings. The molecule has 1 nitrogen and oxygen atoms in total. The summed E-state index contributed by atoms with van der Waals surface area (Å²) < 4.78 is 0. The number of halogens is 2. The van der Waals surface area contributed by atoms with Crippen molar-refractivity contribution in [1.29, 1.82) is 0 Å². The Morgan fingerprint density at radius 3 is 2.67 bits per heavy atom. The first-order chi connectivity index (χ1) is 5.70. The molecular formula is C9H9Cl2N. The van der Waals surface area contributed by atoms with E-state index in [0.717, 1.165) is 5.69 Å². The first kappa shape index (κ1) is 9.43. The second-order valence-corrected chi connectivity index (χ2v) is 3.29. The third-order valence-corrected chi connectivity index (χ3v) is 1.81. The highest BCUT2D eigenvalue weighted by molar-refractivity contribution is 6.33. The van der Waals surface area contributed by atoms with E-state index in [-0.39, 0.29) is 0 Å². The van der Waals surface area contributed by atoms with Crippen molar-refractivity contribution in [3.05, 3.63) is 40.9 Å². The molecule has 64 valence electrons. The summed E-state index contributed by atoms with van der Waals surface area (Å²) in [4.78, 5) is 0. The molecule has 1 aromatic rings. The van der Waals surface area contributed by atoms with Crippen molar-refractivity contribution in [2.75, 3.05) is 11.9 Å². The lowest BCUT2D eigenvalue weighted by Crippen LogP contribution is -2.00. The summed E-state index contributed by atoms with van der Waals surface area (Å²) in [5.41, 5.74) is 0.876. The monoisotopic (exact) mass is 201 g/mol. The van der Waals surface area contributed by atoms with Gasteiger partial charge in [0.25, 0.3) is 0 Å². The molecular weight excluding hydrogens is 193 g/mol. The highest BCUT2D eigenvalue weighted by atomic mass is 35.5. The summed E-state index contributed by atoms with van der Waals surface area (Å²) >= 11 is 11.5. The lowest BCUT2D eigenvalue weighted by molar-refractivity contribution is 1.32. The average Bonchev–Trinajstić information content (AvgIpc) is 2.03. The molecule has 0 aliphatic heterocycles. The van der Waals surface area contributed by atoms with E-state index in [1.807, 2.05) is 24.3 Å². The topological polar surface area (TPSA) is 12.0 Å². The summed E-state index contributed by atoms with van der Waals surface area (Å²) in [6.07, 6.45) is 0. The molecule has 0 aliphatic carbocycles. The largest absolute Gasteiger partial charge is 0.379 e. The van der Waals surface area contributed by atoms with Crippen LogP contribution < -0.4 is 5.32 Å². The number of hydrogen-bond acceptors (Lipinski definition) is 1. The zero-order chi connectivity index (χ0) is 8.97. The number of nitrogens with one attached hydrogen (secondary N) is 1. The minimum absolute atomic E-state index is 0.533. The van der Waals surface area contributed by atoms with Gasteiger partial charge in [-0.1, -0.05) is 41.9 Å². The molecule has 0 radical (unpaired) electrons. The maximum Gasteiger partial charge on any atom is 0.0637 e. The zero-order valence-corrected chi connectivity index (χ0v) is 7.99. The molecule has 1 rings (SSSR count). The van der Waals surface area contributed by atoms with Gasteiger partial charge in [-0.25, -0.2) is 0 Å². The first-order valence-electron chi connectivity index (χ1n) is 3.52. The van der Waals surface area contributed by atoms with Gasteiger partial charge >= 0.3 is 0 Å². The first-order valence-corrected chi connectivity index (χ1v) is 4.27. The zero-order valence-electron chi connectivity index (χ0n) is 6.48. The number of para-hydroxylation sites is 1. The van der Waals surface area contributed by atoms with Crippen LogP contribution in [-0.2, 0) is 0 Å². The van der Waals surface area contributed by atoms with Crippen molar-refractivity contribution >= 4 is 28.9 Å². The fourth-order valence-corrected chi connectivity index (χ4v) is 1.07. The summed E-state index contributed by atoms with van der Waals surface area (Å²) in [5, 5.41) is 4.30. The Hall–Kier alpha value is -0.660. The maximum absolute atomic E-state index is 5.87. The SMILES string of the molecule is C=C(Cl)CNc1ccccc1Cl. The maximum atomic E-state index is 5.87. The van der Waals surface area contributed by atoms with E-state index < -0.39 is 0 Å². The molecule has 0 fully saturated rings. The van der Waals surface area contributed by atoms with Gasteiger partial charge in [0.2, 0.25) is 0 Å². The lowest BCUT2D eigenvalue weighted by atomic mass is 10.3. The van der Waals surface area contributed by atoms with Crippen molar-refractivity contribution in [2.24, 2.45) is 0 Å². The summed E-state index contributed by atoms with van der Waals surface area (Å²) in [5.74, 6) is 0. The molecule has 1 N–H and O–H groups in total. The van der Waals surface area contributed by atoms with Gasteiger partial charge in [0.05, 0.1) is 17.3 Å². The molecule has 12 heavy (non-hydrogen) atoms. The van der Waals surface area contributed by atoms with Crippen LogP contribution in [0.3, 0.4) is 0 Å². The number of benzene rings is 1. The Kier molecular flexibility index (Phi) is 3.45. The van der Waals surface area contributed by atoms with Crippen LogP contribution in [0.25, 0.3) is 0 Å². The average molecular weight is 202 g/mol. The predicted octanol–water partition coefficient (Wildman–Crippen LogP) is 3.50. The number of rotatable bonds is 3. The van der Waals surface area contributed by atoms with Gasteiger partial charge in [-0.2, -0.15) is 0 Å². The molecule has 0 spiro atoms. The van der Waals surface area contributed by atoms with E-state index in [0.29, 0.717) is 16.6 Å². The molecule has 0 atom stereocenters. The van der Waals surface area contributed by atoms with Crippen LogP contribution in [0.5, 0.6) is 0 Å². The highest BCUT2D eigenvalue weighted by Gasteiger charge is 1.96. The standard InChI is InChI=1S/C9H9Cl2N/c1-7(10)6-12-9-5-3-2-4-8(9)11/h2-5,12H,1,6H2. The van der Waals surface area contributed by atoms with Crippen molar-refractivity contribution in [3.63, 3.8) is 0 Å². The number of anilines is 1. The van der Waals surface area contributed by atoms with Crippen molar-refractivity contribution in [2.45, 2.75) is 0 Å². The fourth-order valence-electron chi connectivity index (χ4n) is 0.796. The van der Waals surface area contributed by atoms with E-state index in [1.54, 1.807) is 0 Å². The molecule has 0 saturated heterocycles. The van der Waals surface area contributed by atoms with Crippen LogP contribution >= 0.6 is 23.2 Å². The van der Waals surface area contributed by atoms with Crippen molar-refractivity contribution < 1.29 is 0 Å². The summed E-state index contributed by atoms with van der Waals surface area (Å²) in [6.45, 7) is 4.09.